The van der Waals surface area contributed by atoms with Crippen LogP contribution in [0.25, 0.3) is 0 Å². The summed E-state index contributed by atoms with van der Waals surface area (Å²) in [6.07, 6.45) is 0. The van der Waals surface area contributed by atoms with Gasteiger partial charge in [0.1, 0.15) is 0 Å². The van der Waals surface area contributed by atoms with Crippen molar-refractivity contribution in [3.8, 4) is 0 Å². The molecule has 0 fully saturated rings. The van der Waals surface area contributed by atoms with Gasteiger partial charge in [0.05, 0.1) is 0 Å². The molecule has 1 atom stereocenters. The summed E-state index contributed by atoms with van der Waals surface area (Å²) in [5, 5.41) is 12.5. The normalized spacial score (nSPS) is 13.8. The maximum atomic E-state index is 8.82. The zero-order valence-corrected chi connectivity index (χ0v) is 11.9. The number of rotatable bonds is 4. The predicted octanol–water partition coefficient (Wildman–Crippen LogP) is 2.92. The van der Waals surface area contributed by atoms with Gasteiger partial charge in [-0.15, -0.1) is 0 Å². The molecule has 1 unspecified atom stereocenters. The minimum Gasteiger partial charge on any atom is -0.409 e. The first-order valence-electron chi connectivity index (χ1n) is 5.88. The number of anilines is 1. The number of hydrogen-bond donors (Lipinski definition) is 2. The zero-order chi connectivity index (χ0) is 13.9. The van der Waals surface area contributed by atoms with Gasteiger partial charge < -0.3 is 15.8 Å². The lowest BCUT2D eigenvalue weighted by Crippen LogP contribution is -2.34. The van der Waals surface area contributed by atoms with Crippen molar-refractivity contribution < 1.29 is 5.21 Å². The summed E-state index contributed by atoms with van der Waals surface area (Å²) >= 11 is 6.02. The topological polar surface area (TPSA) is 61.8 Å². The van der Waals surface area contributed by atoms with E-state index in [2.05, 4.69) is 30.8 Å². The molecule has 0 aliphatic heterocycles. The fourth-order valence-electron chi connectivity index (χ4n) is 1.73. The second-order valence-corrected chi connectivity index (χ2v) is 5.18. The number of benzene rings is 1. The van der Waals surface area contributed by atoms with E-state index in [1.807, 2.05) is 13.1 Å². The Bertz CT molecular complexity index is 446. The highest BCUT2D eigenvalue weighted by molar-refractivity contribution is 6.31. The van der Waals surface area contributed by atoms with Crippen molar-refractivity contribution in [3.05, 3.63) is 28.8 Å². The van der Waals surface area contributed by atoms with Gasteiger partial charge in [0.2, 0.25) is 0 Å². The van der Waals surface area contributed by atoms with Crippen LogP contribution in [-0.2, 0) is 0 Å². The maximum Gasteiger partial charge on any atom is 0.172 e. The maximum absolute atomic E-state index is 8.82. The van der Waals surface area contributed by atoms with Crippen molar-refractivity contribution >= 4 is 23.1 Å². The Morgan fingerprint density at radius 3 is 2.50 bits per heavy atom. The van der Waals surface area contributed by atoms with Gasteiger partial charge >= 0.3 is 0 Å². The predicted molar refractivity (Wildman–Crippen MR) is 76.7 cm³/mol. The summed E-state index contributed by atoms with van der Waals surface area (Å²) in [6.45, 7) is 6.42. The standard InChI is InChI=1S/C13H20ClN3O/c1-8(2)9(3)17(4)12-7-10(14)5-6-11(12)13(15)16-18/h5-9,18H,1-4H3,(H2,15,16). The van der Waals surface area contributed by atoms with Crippen LogP contribution in [0.2, 0.25) is 5.02 Å². The van der Waals surface area contributed by atoms with E-state index in [0.717, 1.165) is 5.69 Å². The smallest absolute Gasteiger partial charge is 0.172 e. The monoisotopic (exact) mass is 269 g/mol. The fourth-order valence-corrected chi connectivity index (χ4v) is 1.90. The molecule has 0 aliphatic carbocycles. The zero-order valence-electron chi connectivity index (χ0n) is 11.2. The van der Waals surface area contributed by atoms with Crippen LogP contribution < -0.4 is 10.6 Å². The molecule has 0 aromatic heterocycles. The van der Waals surface area contributed by atoms with E-state index in [1.54, 1.807) is 12.1 Å². The fraction of sp³-hybridized carbons (Fsp3) is 0.462. The second-order valence-electron chi connectivity index (χ2n) is 4.74. The molecule has 0 amide bonds. The van der Waals surface area contributed by atoms with Crippen LogP contribution in [0.3, 0.4) is 0 Å². The summed E-state index contributed by atoms with van der Waals surface area (Å²) in [4.78, 5) is 2.09. The largest absolute Gasteiger partial charge is 0.409 e. The average molecular weight is 270 g/mol. The van der Waals surface area contributed by atoms with E-state index in [4.69, 9.17) is 22.5 Å². The quantitative estimate of drug-likeness (QED) is 0.382. The number of halogens is 1. The highest BCUT2D eigenvalue weighted by Crippen LogP contribution is 2.27. The van der Waals surface area contributed by atoms with Crippen LogP contribution in [-0.4, -0.2) is 24.1 Å². The molecule has 100 valence electrons. The molecule has 1 aromatic carbocycles. The van der Waals surface area contributed by atoms with Gasteiger partial charge in [-0.05, 0) is 31.0 Å². The van der Waals surface area contributed by atoms with E-state index < -0.39 is 0 Å². The molecule has 0 spiro atoms. The minimum atomic E-state index is 0.0875. The van der Waals surface area contributed by atoms with Gasteiger partial charge in [-0.2, -0.15) is 0 Å². The van der Waals surface area contributed by atoms with Crippen LogP contribution in [0.1, 0.15) is 26.3 Å². The molecular weight excluding hydrogens is 250 g/mol. The van der Waals surface area contributed by atoms with Crippen LogP contribution in [0.15, 0.2) is 23.4 Å². The van der Waals surface area contributed by atoms with E-state index in [0.29, 0.717) is 22.5 Å². The van der Waals surface area contributed by atoms with Gasteiger partial charge in [0, 0.05) is 29.4 Å². The van der Waals surface area contributed by atoms with Crippen LogP contribution in [0, 0.1) is 5.92 Å². The van der Waals surface area contributed by atoms with Gasteiger partial charge in [-0.3, -0.25) is 0 Å². The lowest BCUT2D eigenvalue weighted by molar-refractivity contribution is 0.318. The highest BCUT2D eigenvalue weighted by atomic mass is 35.5. The molecule has 0 saturated carbocycles. The minimum absolute atomic E-state index is 0.0875. The molecule has 1 rings (SSSR count). The van der Waals surface area contributed by atoms with E-state index in [9.17, 15) is 0 Å². The molecule has 1 aromatic rings. The second kappa shape index (κ2) is 5.96. The molecule has 0 heterocycles. The van der Waals surface area contributed by atoms with Crippen LogP contribution in [0.4, 0.5) is 5.69 Å². The van der Waals surface area contributed by atoms with Gasteiger partial charge in [0.15, 0.2) is 5.84 Å². The van der Waals surface area contributed by atoms with Gasteiger partial charge in [-0.25, -0.2) is 0 Å². The average Bonchev–Trinajstić information content (AvgIpc) is 2.35. The number of amidine groups is 1. The van der Waals surface area contributed by atoms with Crippen molar-refractivity contribution in [3.63, 3.8) is 0 Å². The molecule has 18 heavy (non-hydrogen) atoms. The van der Waals surface area contributed by atoms with E-state index in [1.165, 1.54) is 0 Å². The number of oxime groups is 1. The van der Waals surface area contributed by atoms with Crippen LogP contribution >= 0.6 is 11.6 Å². The van der Waals surface area contributed by atoms with Crippen molar-refractivity contribution in [2.75, 3.05) is 11.9 Å². The third kappa shape index (κ3) is 3.07. The number of nitrogens with zero attached hydrogens (tertiary/aromatic N) is 2. The molecule has 4 nitrogen and oxygen atoms in total. The van der Waals surface area contributed by atoms with Crippen molar-refractivity contribution in [1.82, 2.24) is 0 Å². The molecule has 0 bridgehead atoms. The lowest BCUT2D eigenvalue weighted by Gasteiger charge is -2.31. The van der Waals surface area contributed by atoms with Crippen molar-refractivity contribution in [2.45, 2.75) is 26.8 Å². The van der Waals surface area contributed by atoms with Crippen molar-refractivity contribution in [1.29, 1.82) is 0 Å². The van der Waals surface area contributed by atoms with Crippen LogP contribution in [0.5, 0.6) is 0 Å². The Hall–Kier alpha value is -1.42. The number of hydrogen-bond acceptors (Lipinski definition) is 3. The molecular formula is C13H20ClN3O. The third-order valence-corrected chi connectivity index (χ3v) is 3.53. The first-order chi connectivity index (χ1) is 8.38. The Morgan fingerprint density at radius 1 is 1.39 bits per heavy atom. The third-order valence-electron chi connectivity index (χ3n) is 3.30. The van der Waals surface area contributed by atoms with E-state index >= 15 is 0 Å². The number of nitrogens with two attached hydrogens (primary N) is 1. The summed E-state index contributed by atoms with van der Waals surface area (Å²) < 4.78 is 0. The molecule has 0 saturated heterocycles. The van der Waals surface area contributed by atoms with Crippen molar-refractivity contribution in [2.24, 2.45) is 16.8 Å². The Labute approximate surface area is 113 Å². The first kappa shape index (κ1) is 14.6. The SMILES string of the molecule is CC(C)C(C)N(C)c1cc(Cl)ccc1/C(N)=N/O. The van der Waals surface area contributed by atoms with Gasteiger partial charge in [0.25, 0.3) is 0 Å². The molecule has 0 aliphatic rings. The Morgan fingerprint density at radius 2 is 2.00 bits per heavy atom. The summed E-state index contributed by atoms with van der Waals surface area (Å²) in [5.41, 5.74) is 7.23. The summed E-state index contributed by atoms with van der Waals surface area (Å²) in [7, 11) is 1.98. The van der Waals surface area contributed by atoms with E-state index in [-0.39, 0.29) is 5.84 Å². The summed E-state index contributed by atoms with van der Waals surface area (Å²) in [5.74, 6) is 0.568. The summed E-state index contributed by atoms with van der Waals surface area (Å²) in [6, 6.07) is 5.63. The first-order valence-corrected chi connectivity index (χ1v) is 6.26. The van der Waals surface area contributed by atoms with Gasteiger partial charge in [-0.1, -0.05) is 30.6 Å². The molecule has 0 radical (unpaired) electrons. The highest BCUT2D eigenvalue weighted by Gasteiger charge is 2.18. The Kier molecular flexibility index (Phi) is 4.84. The molecule has 3 N–H and O–H groups in total. The Balaban J connectivity index is 3.25. The molecule has 5 heteroatoms. The lowest BCUT2D eigenvalue weighted by atomic mass is 10.0.